The Morgan fingerprint density at radius 1 is 1.30 bits per heavy atom. The van der Waals surface area contributed by atoms with Crippen molar-refractivity contribution in [3.8, 4) is 5.75 Å². The summed E-state index contributed by atoms with van der Waals surface area (Å²) in [5.41, 5.74) is 0. The number of amides is 1. The summed E-state index contributed by atoms with van der Waals surface area (Å²) in [7, 11) is 0. The molecule has 1 aromatic carbocycles. The molecule has 1 saturated carbocycles. The minimum Gasteiger partial charge on any atom is -0.477 e. The van der Waals surface area contributed by atoms with E-state index in [9.17, 15) is 9.59 Å². The first-order chi connectivity index (χ1) is 11.0. The number of carbonyl (C=O) groups excluding carboxylic acids is 2. The molecular weight excluding hydrogens is 341 g/mol. The summed E-state index contributed by atoms with van der Waals surface area (Å²) >= 11 is 11.8. The van der Waals surface area contributed by atoms with Crippen LogP contribution in [-0.2, 0) is 14.3 Å². The fraction of sp³-hybridized carbons (Fsp3) is 0.500. The Bertz CT molecular complexity index is 573. The number of rotatable bonds is 6. The van der Waals surface area contributed by atoms with E-state index >= 15 is 0 Å². The number of nitrogens with one attached hydrogen (secondary N) is 1. The van der Waals surface area contributed by atoms with Gasteiger partial charge in [-0.25, -0.2) is 4.79 Å². The van der Waals surface area contributed by atoms with E-state index in [0.29, 0.717) is 15.8 Å². The van der Waals surface area contributed by atoms with Gasteiger partial charge in [-0.15, -0.1) is 0 Å². The minimum atomic E-state index is -0.882. The highest BCUT2D eigenvalue weighted by atomic mass is 35.5. The van der Waals surface area contributed by atoms with Gasteiger partial charge in [-0.3, -0.25) is 4.79 Å². The molecule has 1 N–H and O–H groups in total. The van der Waals surface area contributed by atoms with E-state index in [1.165, 1.54) is 13.0 Å². The first-order valence-electron chi connectivity index (χ1n) is 7.53. The van der Waals surface area contributed by atoms with E-state index in [2.05, 4.69) is 5.32 Å². The van der Waals surface area contributed by atoms with Gasteiger partial charge in [0.1, 0.15) is 5.75 Å². The SMILES string of the molecule is C[C@H](Oc1ccc(Cl)cc1Cl)C(=O)OCC(=O)NC1CCCC1. The van der Waals surface area contributed by atoms with Crippen molar-refractivity contribution >= 4 is 35.1 Å². The van der Waals surface area contributed by atoms with Crippen molar-refractivity contribution in [1.82, 2.24) is 5.32 Å². The van der Waals surface area contributed by atoms with Crippen LogP contribution in [-0.4, -0.2) is 30.6 Å². The molecule has 1 fully saturated rings. The number of ether oxygens (including phenoxy) is 2. The lowest BCUT2D eigenvalue weighted by Crippen LogP contribution is -2.37. The van der Waals surface area contributed by atoms with Gasteiger partial charge < -0.3 is 14.8 Å². The van der Waals surface area contributed by atoms with Crippen molar-refractivity contribution in [3.05, 3.63) is 28.2 Å². The van der Waals surface area contributed by atoms with E-state index < -0.39 is 12.1 Å². The van der Waals surface area contributed by atoms with Crippen LogP contribution in [0.3, 0.4) is 0 Å². The molecule has 1 atom stereocenters. The average Bonchev–Trinajstić information content (AvgIpc) is 3.00. The van der Waals surface area contributed by atoms with Gasteiger partial charge in [0.2, 0.25) is 0 Å². The zero-order valence-corrected chi connectivity index (χ0v) is 14.3. The summed E-state index contributed by atoms with van der Waals surface area (Å²) in [6, 6.07) is 4.89. The number of halogens is 2. The van der Waals surface area contributed by atoms with Gasteiger partial charge in [0, 0.05) is 11.1 Å². The fourth-order valence-corrected chi connectivity index (χ4v) is 2.86. The summed E-state index contributed by atoms with van der Waals surface area (Å²) in [5, 5.41) is 3.62. The molecule has 0 unspecified atom stereocenters. The first kappa shape index (κ1) is 17.9. The Hall–Kier alpha value is -1.46. The van der Waals surface area contributed by atoms with Gasteiger partial charge in [-0.05, 0) is 38.0 Å². The normalized spacial score (nSPS) is 16.0. The maximum absolute atomic E-state index is 11.9. The second kappa shape index (κ2) is 8.41. The lowest BCUT2D eigenvalue weighted by atomic mass is 10.2. The zero-order valence-electron chi connectivity index (χ0n) is 12.8. The largest absolute Gasteiger partial charge is 0.477 e. The number of carbonyl (C=O) groups is 2. The highest BCUT2D eigenvalue weighted by molar-refractivity contribution is 6.35. The third kappa shape index (κ3) is 5.59. The third-order valence-electron chi connectivity index (χ3n) is 3.60. The molecule has 1 amide bonds. The van der Waals surface area contributed by atoms with Crippen LogP contribution in [0.4, 0.5) is 0 Å². The molecule has 7 heteroatoms. The number of hydrogen-bond donors (Lipinski definition) is 1. The monoisotopic (exact) mass is 359 g/mol. The Balaban J connectivity index is 1.76. The highest BCUT2D eigenvalue weighted by Gasteiger charge is 2.21. The molecule has 5 nitrogen and oxygen atoms in total. The maximum Gasteiger partial charge on any atom is 0.347 e. The zero-order chi connectivity index (χ0) is 16.8. The number of benzene rings is 1. The quantitative estimate of drug-likeness (QED) is 0.790. The summed E-state index contributed by atoms with van der Waals surface area (Å²) in [5.74, 6) is -0.588. The van der Waals surface area contributed by atoms with Crippen LogP contribution in [0.2, 0.25) is 10.0 Å². The van der Waals surface area contributed by atoms with Crippen molar-refractivity contribution in [2.45, 2.75) is 44.8 Å². The summed E-state index contributed by atoms with van der Waals surface area (Å²) in [4.78, 5) is 23.6. The summed E-state index contributed by atoms with van der Waals surface area (Å²) in [6.07, 6.45) is 3.32. The van der Waals surface area contributed by atoms with Gasteiger partial charge in [0.15, 0.2) is 12.7 Å². The van der Waals surface area contributed by atoms with Crippen molar-refractivity contribution in [3.63, 3.8) is 0 Å². The van der Waals surface area contributed by atoms with Crippen molar-refractivity contribution in [2.75, 3.05) is 6.61 Å². The van der Waals surface area contributed by atoms with Gasteiger partial charge in [0.05, 0.1) is 5.02 Å². The van der Waals surface area contributed by atoms with Crippen LogP contribution >= 0.6 is 23.2 Å². The third-order valence-corrected chi connectivity index (χ3v) is 4.13. The lowest BCUT2D eigenvalue weighted by molar-refractivity contribution is -0.154. The van der Waals surface area contributed by atoms with Crippen molar-refractivity contribution < 1.29 is 19.1 Å². The Morgan fingerprint density at radius 2 is 2.00 bits per heavy atom. The topological polar surface area (TPSA) is 64.6 Å². The van der Waals surface area contributed by atoms with Gasteiger partial charge in [-0.1, -0.05) is 36.0 Å². The molecule has 0 aliphatic heterocycles. The van der Waals surface area contributed by atoms with Crippen LogP contribution in [0.1, 0.15) is 32.6 Å². The summed E-state index contributed by atoms with van der Waals surface area (Å²) < 4.78 is 10.4. The standard InChI is InChI=1S/C16H19Cl2NO4/c1-10(23-14-7-6-11(17)8-13(14)18)16(21)22-9-15(20)19-12-4-2-3-5-12/h6-8,10,12H,2-5,9H2,1H3,(H,19,20)/t10-/m0/s1. The molecule has 0 heterocycles. The lowest BCUT2D eigenvalue weighted by Gasteiger charge is -2.16. The molecule has 1 aliphatic carbocycles. The second-order valence-corrected chi connectivity index (χ2v) is 6.34. The Kier molecular flexibility index (Phi) is 6.54. The fourth-order valence-electron chi connectivity index (χ4n) is 2.40. The van der Waals surface area contributed by atoms with Crippen LogP contribution in [0.5, 0.6) is 5.75 Å². The van der Waals surface area contributed by atoms with E-state index in [4.69, 9.17) is 32.7 Å². The van der Waals surface area contributed by atoms with Crippen molar-refractivity contribution in [2.24, 2.45) is 0 Å². The molecule has 0 spiro atoms. The Morgan fingerprint density at radius 3 is 2.65 bits per heavy atom. The molecule has 2 rings (SSSR count). The smallest absolute Gasteiger partial charge is 0.347 e. The molecular formula is C16H19Cl2NO4. The molecule has 0 radical (unpaired) electrons. The van der Waals surface area contributed by atoms with E-state index in [0.717, 1.165) is 25.7 Å². The van der Waals surface area contributed by atoms with Crippen LogP contribution in [0.25, 0.3) is 0 Å². The van der Waals surface area contributed by atoms with Crippen LogP contribution in [0.15, 0.2) is 18.2 Å². The molecule has 23 heavy (non-hydrogen) atoms. The second-order valence-electron chi connectivity index (χ2n) is 5.49. The molecule has 0 bridgehead atoms. The van der Waals surface area contributed by atoms with Crippen LogP contribution in [0, 0.1) is 0 Å². The Labute approximate surface area is 145 Å². The molecule has 126 valence electrons. The van der Waals surface area contributed by atoms with E-state index in [-0.39, 0.29) is 18.6 Å². The molecule has 0 saturated heterocycles. The molecule has 1 aromatic rings. The highest BCUT2D eigenvalue weighted by Crippen LogP contribution is 2.28. The average molecular weight is 360 g/mol. The molecule has 1 aliphatic rings. The predicted molar refractivity (Wildman–Crippen MR) is 87.9 cm³/mol. The minimum absolute atomic E-state index is 0.197. The first-order valence-corrected chi connectivity index (χ1v) is 8.29. The number of esters is 1. The van der Waals surface area contributed by atoms with Crippen molar-refractivity contribution in [1.29, 1.82) is 0 Å². The van der Waals surface area contributed by atoms with E-state index in [1.54, 1.807) is 12.1 Å². The molecule has 0 aromatic heterocycles. The van der Waals surface area contributed by atoms with Gasteiger partial charge >= 0.3 is 5.97 Å². The predicted octanol–water partition coefficient (Wildman–Crippen LogP) is 3.36. The van der Waals surface area contributed by atoms with Gasteiger partial charge in [-0.2, -0.15) is 0 Å². The number of hydrogen-bond acceptors (Lipinski definition) is 4. The van der Waals surface area contributed by atoms with Crippen LogP contribution < -0.4 is 10.1 Å². The maximum atomic E-state index is 11.9. The van der Waals surface area contributed by atoms with E-state index in [1.807, 2.05) is 0 Å². The summed E-state index contributed by atoms with van der Waals surface area (Å²) in [6.45, 7) is 1.22. The van der Waals surface area contributed by atoms with Gasteiger partial charge in [0.25, 0.3) is 5.91 Å².